The van der Waals surface area contributed by atoms with Crippen LogP contribution in [-0.2, 0) is 41.8 Å². The van der Waals surface area contributed by atoms with E-state index in [0.717, 1.165) is 17.4 Å². The van der Waals surface area contributed by atoms with Crippen molar-refractivity contribution in [2.75, 3.05) is 6.26 Å². The minimum atomic E-state index is -3.72. The first-order chi connectivity index (χ1) is 19.2. The van der Waals surface area contributed by atoms with Crippen molar-refractivity contribution in [3.63, 3.8) is 0 Å². The standard InChI is InChI=1S/C31H43N3O6S/c1-20(2)24(17-22-13-9-7-10-14-22)33-27(36)19-26-28(40-26)25(18-23-15-11-8-12-16-23)34-30(37)29(32-21(3)35)31(4,5)41(6,38)39/h7-16,20,24-26,28-29H,17-19H2,1-6H3,(H,32,35)(H,33,36)(H,34,37)/t24-,25-,26-,28+,29+/m0/s1. The number of nitrogens with one attached hydrogen (secondary N) is 3. The highest BCUT2D eigenvalue weighted by Gasteiger charge is 2.49. The average molecular weight is 586 g/mol. The van der Waals surface area contributed by atoms with Crippen LogP contribution in [0.5, 0.6) is 0 Å². The molecule has 2 aromatic carbocycles. The van der Waals surface area contributed by atoms with Crippen LogP contribution in [0.25, 0.3) is 0 Å². The molecule has 0 radical (unpaired) electrons. The van der Waals surface area contributed by atoms with Crippen LogP contribution in [0, 0.1) is 5.92 Å². The van der Waals surface area contributed by atoms with E-state index >= 15 is 0 Å². The van der Waals surface area contributed by atoms with Crippen molar-refractivity contribution in [3.8, 4) is 0 Å². The molecule has 0 saturated carbocycles. The summed E-state index contributed by atoms with van der Waals surface area (Å²) in [7, 11) is -3.72. The molecule has 1 aliphatic rings. The van der Waals surface area contributed by atoms with Crippen molar-refractivity contribution < 1.29 is 27.5 Å². The Kier molecular flexibility index (Phi) is 10.7. The van der Waals surface area contributed by atoms with Crippen molar-refractivity contribution in [3.05, 3.63) is 71.8 Å². The number of carbonyl (C=O) groups is 3. The summed E-state index contributed by atoms with van der Waals surface area (Å²) >= 11 is 0. The van der Waals surface area contributed by atoms with Gasteiger partial charge in [-0.25, -0.2) is 8.42 Å². The number of rotatable bonds is 14. The van der Waals surface area contributed by atoms with Gasteiger partial charge in [-0.1, -0.05) is 74.5 Å². The van der Waals surface area contributed by atoms with Crippen LogP contribution in [0.4, 0.5) is 0 Å². The number of benzene rings is 2. The maximum Gasteiger partial charge on any atom is 0.244 e. The predicted octanol–water partition coefficient (Wildman–Crippen LogP) is 2.58. The van der Waals surface area contributed by atoms with E-state index in [4.69, 9.17) is 4.74 Å². The van der Waals surface area contributed by atoms with Gasteiger partial charge in [0.05, 0.1) is 23.3 Å². The number of epoxide rings is 1. The summed E-state index contributed by atoms with van der Waals surface area (Å²) in [5.41, 5.74) is 2.08. The minimum absolute atomic E-state index is 0.0430. The molecule has 0 unspecified atom stereocenters. The second kappa shape index (κ2) is 13.6. The molecule has 2 aromatic rings. The smallest absolute Gasteiger partial charge is 0.244 e. The highest BCUT2D eigenvalue weighted by atomic mass is 32.2. The molecule has 0 spiro atoms. The molecule has 9 nitrogen and oxygen atoms in total. The molecular formula is C31H43N3O6S. The molecular weight excluding hydrogens is 542 g/mol. The minimum Gasteiger partial charge on any atom is -0.367 e. The van der Waals surface area contributed by atoms with Gasteiger partial charge in [-0.15, -0.1) is 0 Å². The third-order valence-electron chi connectivity index (χ3n) is 7.74. The van der Waals surface area contributed by atoms with E-state index in [1.807, 2.05) is 60.7 Å². The SMILES string of the molecule is CC(=O)N[C@H](C(=O)N[C@@H](Cc1ccccc1)[C@H]1O[C@H]1CC(=O)N[C@@H](Cc1ccccc1)C(C)C)C(C)(C)S(C)(=O)=O. The Morgan fingerprint density at radius 3 is 1.90 bits per heavy atom. The zero-order valence-electron chi connectivity index (χ0n) is 24.7. The number of hydrogen-bond donors (Lipinski definition) is 3. The van der Waals surface area contributed by atoms with Gasteiger partial charge in [-0.05, 0) is 43.7 Å². The molecule has 10 heteroatoms. The van der Waals surface area contributed by atoms with Gasteiger partial charge in [0.2, 0.25) is 17.7 Å². The average Bonchev–Trinajstić information content (AvgIpc) is 3.65. The van der Waals surface area contributed by atoms with E-state index in [2.05, 4.69) is 29.8 Å². The fraction of sp³-hybridized carbons (Fsp3) is 0.516. The largest absolute Gasteiger partial charge is 0.367 e. The highest BCUT2D eigenvalue weighted by Crippen LogP contribution is 2.31. The maximum absolute atomic E-state index is 13.5. The molecule has 0 aliphatic carbocycles. The summed E-state index contributed by atoms with van der Waals surface area (Å²) in [5.74, 6) is -1.05. The van der Waals surface area contributed by atoms with Crippen molar-refractivity contribution in [2.45, 2.75) is 89.0 Å². The zero-order valence-corrected chi connectivity index (χ0v) is 25.5. The molecule has 224 valence electrons. The van der Waals surface area contributed by atoms with Crippen LogP contribution in [0.1, 0.15) is 52.2 Å². The van der Waals surface area contributed by atoms with E-state index in [9.17, 15) is 22.8 Å². The number of ether oxygens (including phenoxy) is 1. The van der Waals surface area contributed by atoms with Gasteiger partial charge in [0.15, 0.2) is 9.84 Å². The van der Waals surface area contributed by atoms with Crippen molar-refractivity contribution in [1.82, 2.24) is 16.0 Å². The Hall–Kier alpha value is -3.24. The van der Waals surface area contributed by atoms with Gasteiger partial charge in [0.1, 0.15) is 12.1 Å². The van der Waals surface area contributed by atoms with Crippen molar-refractivity contribution >= 4 is 27.6 Å². The first kappa shape index (κ1) is 32.3. The Bertz CT molecular complexity index is 1300. The summed E-state index contributed by atoms with van der Waals surface area (Å²) in [6.07, 6.45) is 1.44. The van der Waals surface area contributed by atoms with Gasteiger partial charge in [-0.2, -0.15) is 0 Å². The monoisotopic (exact) mass is 585 g/mol. The molecule has 5 atom stereocenters. The van der Waals surface area contributed by atoms with E-state index < -0.39 is 50.7 Å². The fourth-order valence-corrected chi connectivity index (χ4v) is 5.39. The summed E-state index contributed by atoms with van der Waals surface area (Å²) in [6.45, 7) is 8.20. The molecule has 41 heavy (non-hydrogen) atoms. The van der Waals surface area contributed by atoms with E-state index in [0.29, 0.717) is 12.8 Å². The third kappa shape index (κ3) is 9.13. The van der Waals surface area contributed by atoms with E-state index in [-0.39, 0.29) is 24.3 Å². The molecule has 0 aromatic heterocycles. The van der Waals surface area contributed by atoms with Gasteiger partial charge in [0.25, 0.3) is 0 Å². The number of hydrogen-bond acceptors (Lipinski definition) is 6. The summed E-state index contributed by atoms with van der Waals surface area (Å²) in [5, 5.41) is 8.59. The topological polar surface area (TPSA) is 134 Å². The predicted molar refractivity (Wildman–Crippen MR) is 159 cm³/mol. The summed E-state index contributed by atoms with van der Waals surface area (Å²) < 4.78 is 29.4. The van der Waals surface area contributed by atoms with Gasteiger partial charge in [0, 0.05) is 19.2 Å². The van der Waals surface area contributed by atoms with Crippen LogP contribution in [0.2, 0.25) is 0 Å². The molecule has 1 heterocycles. The third-order valence-corrected chi connectivity index (χ3v) is 9.89. The van der Waals surface area contributed by atoms with E-state index in [1.54, 1.807) is 0 Å². The van der Waals surface area contributed by atoms with E-state index in [1.165, 1.54) is 20.8 Å². The van der Waals surface area contributed by atoms with Gasteiger partial charge in [-0.3, -0.25) is 14.4 Å². The summed E-state index contributed by atoms with van der Waals surface area (Å²) in [6, 6.07) is 17.6. The zero-order chi connectivity index (χ0) is 30.4. The Morgan fingerprint density at radius 1 is 0.878 bits per heavy atom. The lowest BCUT2D eigenvalue weighted by molar-refractivity contribution is -0.129. The maximum atomic E-state index is 13.5. The van der Waals surface area contributed by atoms with Gasteiger partial charge >= 0.3 is 0 Å². The lowest BCUT2D eigenvalue weighted by atomic mass is 9.95. The van der Waals surface area contributed by atoms with Crippen LogP contribution in [0.15, 0.2) is 60.7 Å². The molecule has 3 amide bonds. The first-order valence-electron chi connectivity index (χ1n) is 14.0. The van der Waals surface area contributed by atoms with Crippen LogP contribution < -0.4 is 16.0 Å². The number of sulfone groups is 1. The quantitative estimate of drug-likeness (QED) is 0.292. The molecule has 3 rings (SSSR count). The van der Waals surface area contributed by atoms with Gasteiger partial charge < -0.3 is 20.7 Å². The lowest BCUT2D eigenvalue weighted by Crippen LogP contribution is -2.62. The van der Waals surface area contributed by atoms with Crippen LogP contribution in [0.3, 0.4) is 0 Å². The van der Waals surface area contributed by atoms with Crippen LogP contribution in [-0.4, -0.2) is 67.5 Å². The van der Waals surface area contributed by atoms with Crippen LogP contribution >= 0.6 is 0 Å². The summed E-state index contributed by atoms with van der Waals surface area (Å²) in [4.78, 5) is 38.5. The molecule has 1 aliphatic heterocycles. The normalized spacial score (nSPS) is 19.1. The fourth-order valence-electron chi connectivity index (χ4n) is 4.80. The molecule has 3 N–H and O–H groups in total. The highest BCUT2D eigenvalue weighted by molar-refractivity contribution is 7.92. The molecule has 1 saturated heterocycles. The Balaban J connectivity index is 1.72. The van der Waals surface area contributed by atoms with Crippen molar-refractivity contribution in [1.29, 1.82) is 0 Å². The second-order valence-corrected chi connectivity index (χ2v) is 14.4. The number of carbonyl (C=O) groups excluding carboxylic acids is 3. The first-order valence-corrected chi connectivity index (χ1v) is 15.9. The Labute approximate surface area is 243 Å². The second-order valence-electron chi connectivity index (χ2n) is 11.8. The molecule has 0 bridgehead atoms. The number of amides is 3. The molecule has 1 fully saturated rings. The van der Waals surface area contributed by atoms with Crippen molar-refractivity contribution in [2.24, 2.45) is 5.92 Å². The Morgan fingerprint density at radius 2 is 1.41 bits per heavy atom. The lowest BCUT2D eigenvalue weighted by Gasteiger charge is -2.33.